The van der Waals surface area contributed by atoms with Gasteiger partial charge in [0, 0.05) is 24.3 Å². The van der Waals surface area contributed by atoms with E-state index in [0.29, 0.717) is 18.7 Å². The van der Waals surface area contributed by atoms with Crippen LogP contribution in [0.3, 0.4) is 0 Å². The highest BCUT2D eigenvalue weighted by Gasteiger charge is 2.26. The Morgan fingerprint density at radius 3 is 2.44 bits per heavy atom. The summed E-state index contributed by atoms with van der Waals surface area (Å²) in [6, 6.07) is 9.87. The summed E-state index contributed by atoms with van der Waals surface area (Å²) in [5.41, 5.74) is 2.78. The summed E-state index contributed by atoms with van der Waals surface area (Å²) >= 11 is 0.961. The number of carbonyl (C=O) groups is 2. The Balaban J connectivity index is 2.41. The van der Waals surface area contributed by atoms with Crippen LogP contribution in [-0.4, -0.2) is 38.2 Å². The number of nitriles is 2. The van der Waals surface area contributed by atoms with E-state index in [0.717, 1.165) is 29.1 Å². The minimum atomic E-state index is -0.623. The van der Waals surface area contributed by atoms with E-state index in [9.17, 15) is 14.9 Å². The molecule has 2 aromatic rings. The predicted molar refractivity (Wildman–Crippen MR) is 129 cm³/mol. The number of nitrogens with zero attached hydrogens (tertiary/aromatic N) is 5. The summed E-state index contributed by atoms with van der Waals surface area (Å²) in [5, 5.41) is 27.3. The molecule has 2 rings (SSSR count). The van der Waals surface area contributed by atoms with Crippen LogP contribution >= 0.6 is 11.3 Å². The number of carbonyl (C=O) groups excluding carboxylic acids is 2. The largest absolute Gasteiger partial charge is 0.466 e. The van der Waals surface area contributed by atoms with E-state index in [1.807, 2.05) is 38.1 Å². The Morgan fingerprint density at radius 2 is 1.85 bits per heavy atom. The average Bonchev–Trinajstić information content (AvgIpc) is 3.16. The summed E-state index contributed by atoms with van der Waals surface area (Å²) in [6.07, 6.45) is 0.195. The fourth-order valence-corrected chi connectivity index (χ4v) is 4.21. The highest BCUT2D eigenvalue weighted by molar-refractivity contribution is 7.18. The molecule has 0 saturated heterocycles. The van der Waals surface area contributed by atoms with Crippen LogP contribution in [0.4, 0.5) is 16.4 Å². The van der Waals surface area contributed by atoms with Crippen molar-refractivity contribution >= 4 is 39.7 Å². The van der Waals surface area contributed by atoms with Gasteiger partial charge in [0.15, 0.2) is 5.00 Å². The van der Waals surface area contributed by atoms with Gasteiger partial charge in [-0.2, -0.15) is 10.5 Å². The summed E-state index contributed by atoms with van der Waals surface area (Å²) in [5.74, 6) is -1.17. The summed E-state index contributed by atoms with van der Waals surface area (Å²) in [7, 11) is 0. The molecule has 34 heavy (non-hydrogen) atoms. The lowest BCUT2D eigenvalue weighted by Crippen LogP contribution is -2.23. The molecule has 9 nitrogen and oxygen atoms in total. The van der Waals surface area contributed by atoms with Crippen molar-refractivity contribution in [3.05, 3.63) is 39.8 Å². The molecule has 0 atom stereocenters. The van der Waals surface area contributed by atoms with E-state index < -0.39 is 11.9 Å². The Bertz CT molecular complexity index is 1140. The van der Waals surface area contributed by atoms with E-state index in [1.165, 1.54) is 0 Å². The molecule has 178 valence electrons. The van der Waals surface area contributed by atoms with Gasteiger partial charge >= 0.3 is 11.9 Å². The molecule has 0 fully saturated rings. The van der Waals surface area contributed by atoms with Gasteiger partial charge in [-0.05, 0) is 51.5 Å². The zero-order valence-electron chi connectivity index (χ0n) is 19.8. The van der Waals surface area contributed by atoms with Crippen molar-refractivity contribution in [2.75, 3.05) is 31.2 Å². The number of ether oxygens (including phenoxy) is 2. The number of anilines is 1. The number of rotatable bonds is 11. The van der Waals surface area contributed by atoms with E-state index in [2.05, 4.69) is 21.2 Å². The second-order valence-electron chi connectivity index (χ2n) is 7.06. The smallest absolute Gasteiger partial charge is 0.348 e. The van der Waals surface area contributed by atoms with Crippen LogP contribution in [0.1, 0.15) is 53.6 Å². The highest BCUT2D eigenvalue weighted by Crippen LogP contribution is 2.38. The maximum atomic E-state index is 12.4. The molecule has 0 amide bonds. The number of esters is 2. The first-order valence-electron chi connectivity index (χ1n) is 10.9. The molecule has 10 heteroatoms. The van der Waals surface area contributed by atoms with Crippen molar-refractivity contribution in [1.29, 1.82) is 10.5 Å². The number of azo groups is 1. The van der Waals surface area contributed by atoms with Crippen molar-refractivity contribution in [1.82, 2.24) is 0 Å². The quantitative estimate of drug-likeness (QED) is 0.312. The van der Waals surface area contributed by atoms with Crippen molar-refractivity contribution in [3.8, 4) is 12.1 Å². The molecule has 0 N–H and O–H groups in total. The summed E-state index contributed by atoms with van der Waals surface area (Å²) in [4.78, 5) is 26.8. The highest BCUT2D eigenvalue weighted by atomic mass is 32.1. The fourth-order valence-electron chi connectivity index (χ4n) is 3.23. The lowest BCUT2D eigenvalue weighted by Gasteiger charge is -2.22. The molecule has 0 saturated carbocycles. The van der Waals surface area contributed by atoms with Gasteiger partial charge in [0.25, 0.3) is 0 Å². The maximum absolute atomic E-state index is 12.4. The lowest BCUT2D eigenvalue weighted by atomic mass is 10.1. The Morgan fingerprint density at radius 1 is 1.12 bits per heavy atom. The molecule has 0 aliphatic rings. The minimum Gasteiger partial charge on any atom is -0.466 e. The van der Waals surface area contributed by atoms with Crippen LogP contribution in [0, 0.1) is 29.6 Å². The molecule has 1 heterocycles. The molecular weight excluding hydrogens is 454 g/mol. The van der Waals surface area contributed by atoms with E-state index in [-0.39, 0.29) is 40.6 Å². The first-order chi connectivity index (χ1) is 16.4. The van der Waals surface area contributed by atoms with Gasteiger partial charge in [-0.3, -0.25) is 4.79 Å². The fraction of sp³-hybridized carbons (Fsp3) is 0.417. The second kappa shape index (κ2) is 13.1. The van der Waals surface area contributed by atoms with Crippen molar-refractivity contribution < 1.29 is 19.1 Å². The first kappa shape index (κ1) is 26.5. The number of aryl methyl sites for hydroxylation is 1. The van der Waals surface area contributed by atoms with Gasteiger partial charge in [0.05, 0.1) is 43.4 Å². The number of hydrogen-bond donors (Lipinski definition) is 0. The standard InChI is InChI=1S/C24H27N5O4S/c1-5-29(12-8-11-25)17-9-10-20(16(4)13-17)27-28-23-19(15-26)18(14-21(30)32-6-2)22(34-23)24(31)33-7-3/h9-10,13H,5-8,12,14H2,1-4H3. The topological polar surface area (TPSA) is 128 Å². The third-order valence-electron chi connectivity index (χ3n) is 4.86. The maximum Gasteiger partial charge on any atom is 0.348 e. The molecule has 1 aromatic carbocycles. The van der Waals surface area contributed by atoms with Crippen molar-refractivity contribution in [2.45, 2.75) is 40.5 Å². The lowest BCUT2D eigenvalue weighted by molar-refractivity contribution is -0.142. The van der Waals surface area contributed by atoms with Gasteiger partial charge in [-0.1, -0.05) is 0 Å². The Hall–Kier alpha value is -3.76. The summed E-state index contributed by atoms with van der Waals surface area (Å²) < 4.78 is 10.1. The van der Waals surface area contributed by atoms with Crippen LogP contribution in [0.2, 0.25) is 0 Å². The molecule has 0 spiro atoms. The second-order valence-corrected chi connectivity index (χ2v) is 8.06. The number of hydrogen-bond acceptors (Lipinski definition) is 10. The predicted octanol–water partition coefficient (Wildman–Crippen LogP) is 5.37. The first-order valence-corrected chi connectivity index (χ1v) is 11.7. The van der Waals surface area contributed by atoms with Crippen LogP contribution in [0.15, 0.2) is 28.4 Å². The third-order valence-corrected chi connectivity index (χ3v) is 5.95. The number of thiophene rings is 1. The average molecular weight is 482 g/mol. The van der Waals surface area contributed by atoms with Gasteiger partial charge in [-0.25, -0.2) is 4.79 Å². The Labute approximate surface area is 203 Å². The zero-order chi connectivity index (χ0) is 25.1. The van der Waals surface area contributed by atoms with Crippen LogP contribution in [0.25, 0.3) is 0 Å². The minimum absolute atomic E-state index is 0.104. The SMILES string of the molecule is CCOC(=O)Cc1c(C(=O)OCC)sc(N=Nc2ccc(N(CC)CCC#N)cc2C)c1C#N. The molecular formula is C24H27N5O4S. The zero-order valence-corrected chi connectivity index (χ0v) is 20.6. The van der Waals surface area contributed by atoms with Crippen LogP contribution in [-0.2, 0) is 20.7 Å². The van der Waals surface area contributed by atoms with Gasteiger partial charge in [-0.15, -0.1) is 21.6 Å². The van der Waals surface area contributed by atoms with Gasteiger partial charge < -0.3 is 14.4 Å². The normalized spacial score (nSPS) is 10.5. The van der Waals surface area contributed by atoms with E-state index in [4.69, 9.17) is 14.7 Å². The van der Waals surface area contributed by atoms with Crippen LogP contribution < -0.4 is 4.90 Å². The Kier molecular flexibility index (Phi) is 10.2. The summed E-state index contributed by atoms with van der Waals surface area (Å²) in [6.45, 7) is 9.02. The molecule has 0 aliphatic carbocycles. The third kappa shape index (κ3) is 6.63. The molecule has 0 radical (unpaired) electrons. The molecule has 0 aliphatic heterocycles. The van der Waals surface area contributed by atoms with E-state index >= 15 is 0 Å². The van der Waals surface area contributed by atoms with Crippen LogP contribution in [0.5, 0.6) is 0 Å². The number of benzene rings is 1. The van der Waals surface area contributed by atoms with E-state index in [1.54, 1.807) is 13.8 Å². The van der Waals surface area contributed by atoms with Crippen molar-refractivity contribution in [2.24, 2.45) is 10.2 Å². The molecule has 0 unspecified atom stereocenters. The molecule has 0 bridgehead atoms. The van der Waals surface area contributed by atoms with Crippen molar-refractivity contribution in [3.63, 3.8) is 0 Å². The van der Waals surface area contributed by atoms with Gasteiger partial charge in [0.1, 0.15) is 10.9 Å². The molecule has 1 aromatic heterocycles. The van der Waals surface area contributed by atoms with Gasteiger partial charge in [0.2, 0.25) is 0 Å². The monoisotopic (exact) mass is 481 g/mol.